The number of hydrogen-bond donors (Lipinski definition) is 1. The van der Waals surface area contributed by atoms with E-state index in [1.807, 2.05) is 56.3 Å². The van der Waals surface area contributed by atoms with E-state index in [2.05, 4.69) is 17.0 Å². The van der Waals surface area contributed by atoms with E-state index in [4.69, 9.17) is 0 Å². The molecule has 3 aromatic rings. The molecule has 0 saturated heterocycles. The first kappa shape index (κ1) is 18.4. The fourth-order valence-corrected chi connectivity index (χ4v) is 4.82. The van der Waals surface area contributed by atoms with E-state index in [9.17, 15) is 9.59 Å². The van der Waals surface area contributed by atoms with Gasteiger partial charge in [-0.2, -0.15) is 5.10 Å². The predicted molar refractivity (Wildman–Crippen MR) is 116 cm³/mol. The second-order valence-electron chi connectivity index (χ2n) is 7.91. The lowest BCUT2D eigenvalue weighted by Gasteiger charge is -2.32. The standard InChI is InChI=1S/C24H22N4O2/c1-4-12-27-21-16(3)9-7-10-17(21)24(23(27)30)13-20(29)26-22-18(24)14-25-28(22)19-11-6-5-8-15(19)2/h4-11,14H,1,12-13H2,2-3H3,(H,26,29). The maximum absolute atomic E-state index is 13.9. The van der Waals surface area contributed by atoms with Crippen molar-refractivity contribution in [2.24, 2.45) is 0 Å². The lowest BCUT2D eigenvalue weighted by molar-refractivity contribution is -0.126. The topological polar surface area (TPSA) is 67.2 Å². The van der Waals surface area contributed by atoms with Crippen molar-refractivity contribution >= 4 is 23.3 Å². The molecule has 1 spiro atoms. The molecule has 0 bridgehead atoms. The van der Waals surface area contributed by atoms with Gasteiger partial charge in [0.2, 0.25) is 11.8 Å². The molecule has 2 aliphatic rings. The Hall–Kier alpha value is -3.67. The van der Waals surface area contributed by atoms with Crippen molar-refractivity contribution in [3.05, 3.63) is 83.6 Å². The average Bonchev–Trinajstić information content (AvgIpc) is 3.24. The molecule has 30 heavy (non-hydrogen) atoms. The van der Waals surface area contributed by atoms with Crippen LogP contribution in [0.3, 0.4) is 0 Å². The molecule has 2 aliphatic heterocycles. The number of aromatic nitrogens is 2. The van der Waals surface area contributed by atoms with Crippen LogP contribution >= 0.6 is 0 Å². The van der Waals surface area contributed by atoms with Gasteiger partial charge in [-0.25, -0.2) is 4.68 Å². The smallest absolute Gasteiger partial charge is 0.243 e. The molecule has 3 heterocycles. The molecule has 0 fully saturated rings. The van der Waals surface area contributed by atoms with Crippen LogP contribution in [0, 0.1) is 13.8 Å². The highest BCUT2D eigenvalue weighted by atomic mass is 16.2. The summed E-state index contributed by atoms with van der Waals surface area (Å²) in [6.45, 7) is 8.19. The Morgan fingerprint density at radius 3 is 2.63 bits per heavy atom. The van der Waals surface area contributed by atoms with E-state index in [1.54, 1.807) is 21.9 Å². The van der Waals surface area contributed by atoms with Crippen molar-refractivity contribution in [1.82, 2.24) is 9.78 Å². The highest BCUT2D eigenvalue weighted by molar-refractivity contribution is 6.16. The number of amides is 2. The fraction of sp³-hybridized carbons (Fsp3) is 0.208. The first-order chi connectivity index (χ1) is 14.5. The molecular formula is C24H22N4O2. The van der Waals surface area contributed by atoms with E-state index in [0.717, 1.165) is 33.6 Å². The summed E-state index contributed by atoms with van der Waals surface area (Å²) in [6, 6.07) is 13.7. The zero-order valence-electron chi connectivity index (χ0n) is 17.0. The highest BCUT2D eigenvalue weighted by Crippen LogP contribution is 2.53. The maximum atomic E-state index is 13.9. The molecular weight excluding hydrogens is 376 g/mol. The minimum atomic E-state index is -1.08. The normalized spacial score (nSPS) is 19.6. The number of nitrogens with zero attached hydrogens (tertiary/aromatic N) is 3. The number of anilines is 2. The zero-order valence-corrected chi connectivity index (χ0v) is 17.0. The molecule has 0 aliphatic carbocycles. The van der Waals surface area contributed by atoms with Gasteiger partial charge in [0.1, 0.15) is 11.2 Å². The third-order valence-corrected chi connectivity index (χ3v) is 6.15. The molecule has 1 N–H and O–H groups in total. The summed E-state index contributed by atoms with van der Waals surface area (Å²) in [5.41, 5.74) is 4.27. The molecule has 2 aromatic carbocycles. The van der Waals surface area contributed by atoms with Gasteiger partial charge in [0.25, 0.3) is 0 Å². The quantitative estimate of drug-likeness (QED) is 0.685. The Morgan fingerprint density at radius 2 is 1.87 bits per heavy atom. The average molecular weight is 398 g/mol. The number of benzene rings is 2. The van der Waals surface area contributed by atoms with Crippen LogP contribution in [-0.2, 0) is 15.0 Å². The van der Waals surface area contributed by atoms with Crippen LogP contribution in [0.4, 0.5) is 11.5 Å². The van der Waals surface area contributed by atoms with Crippen molar-refractivity contribution in [2.45, 2.75) is 25.7 Å². The van der Waals surface area contributed by atoms with Crippen LogP contribution in [0.25, 0.3) is 5.69 Å². The minimum Gasteiger partial charge on any atom is -0.310 e. The van der Waals surface area contributed by atoms with Crippen LogP contribution in [0.15, 0.2) is 61.3 Å². The van der Waals surface area contributed by atoms with Crippen LogP contribution in [0.1, 0.15) is 28.7 Å². The van der Waals surface area contributed by atoms with Crippen LogP contribution in [0.2, 0.25) is 0 Å². The molecule has 6 nitrogen and oxygen atoms in total. The van der Waals surface area contributed by atoms with Crippen LogP contribution in [-0.4, -0.2) is 28.1 Å². The van der Waals surface area contributed by atoms with Gasteiger partial charge in [0, 0.05) is 18.5 Å². The summed E-state index contributed by atoms with van der Waals surface area (Å²) >= 11 is 0. The summed E-state index contributed by atoms with van der Waals surface area (Å²) in [4.78, 5) is 28.5. The van der Waals surface area contributed by atoms with Crippen molar-refractivity contribution in [1.29, 1.82) is 0 Å². The van der Waals surface area contributed by atoms with E-state index < -0.39 is 5.41 Å². The second-order valence-corrected chi connectivity index (χ2v) is 7.91. The molecule has 0 saturated carbocycles. The summed E-state index contributed by atoms with van der Waals surface area (Å²) in [5, 5.41) is 7.56. The fourth-order valence-electron chi connectivity index (χ4n) is 4.82. The van der Waals surface area contributed by atoms with E-state index >= 15 is 0 Å². The molecule has 5 rings (SSSR count). The van der Waals surface area contributed by atoms with Crippen molar-refractivity contribution < 1.29 is 9.59 Å². The van der Waals surface area contributed by atoms with E-state index in [1.165, 1.54) is 0 Å². The van der Waals surface area contributed by atoms with Gasteiger partial charge >= 0.3 is 0 Å². The number of carbonyl (C=O) groups is 2. The molecule has 0 radical (unpaired) electrons. The zero-order chi connectivity index (χ0) is 21.0. The molecule has 150 valence electrons. The van der Waals surface area contributed by atoms with Crippen molar-refractivity contribution in [3.63, 3.8) is 0 Å². The Labute approximate surface area is 174 Å². The number of hydrogen-bond acceptors (Lipinski definition) is 3. The second kappa shape index (κ2) is 6.42. The Bertz CT molecular complexity index is 1230. The highest BCUT2D eigenvalue weighted by Gasteiger charge is 2.57. The maximum Gasteiger partial charge on any atom is 0.243 e. The number of para-hydroxylation sites is 2. The van der Waals surface area contributed by atoms with Gasteiger partial charge in [-0.1, -0.05) is 42.5 Å². The number of aryl methyl sites for hydroxylation is 2. The van der Waals surface area contributed by atoms with E-state index in [-0.39, 0.29) is 18.2 Å². The minimum absolute atomic E-state index is 0.0579. The Morgan fingerprint density at radius 1 is 1.10 bits per heavy atom. The van der Waals surface area contributed by atoms with E-state index in [0.29, 0.717) is 12.4 Å². The monoisotopic (exact) mass is 398 g/mol. The number of fused-ring (bicyclic) bond motifs is 4. The third kappa shape index (κ3) is 2.27. The van der Waals surface area contributed by atoms with Crippen molar-refractivity contribution in [3.8, 4) is 5.69 Å². The van der Waals surface area contributed by atoms with Gasteiger partial charge in [0.15, 0.2) is 0 Å². The first-order valence-electron chi connectivity index (χ1n) is 9.96. The molecule has 6 heteroatoms. The van der Waals surface area contributed by atoms with Gasteiger partial charge in [-0.05, 0) is 36.6 Å². The number of nitrogens with one attached hydrogen (secondary N) is 1. The lowest BCUT2D eigenvalue weighted by Crippen LogP contribution is -2.46. The summed E-state index contributed by atoms with van der Waals surface area (Å²) in [5.74, 6) is 0.257. The van der Waals surface area contributed by atoms with Gasteiger partial charge in [-0.3, -0.25) is 9.59 Å². The predicted octanol–water partition coefficient (Wildman–Crippen LogP) is 3.65. The lowest BCUT2D eigenvalue weighted by atomic mass is 9.71. The van der Waals surface area contributed by atoms with Crippen LogP contribution in [0.5, 0.6) is 0 Å². The molecule has 1 aromatic heterocycles. The largest absolute Gasteiger partial charge is 0.310 e. The summed E-state index contributed by atoms with van der Waals surface area (Å²) < 4.78 is 1.72. The van der Waals surface area contributed by atoms with Gasteiger partial charge < -0.3 is 10.2 Å². The Balaban J connectivity index is 1.80. The number of carbonyl (C=O) groups excluding carboxylic acids is 2. The van der Waals surface area contributed by atoms with Crippen molar-refractivity contribution in [2.75, 3.05) is 16.8 Å². The summed E-state index contributed by atoms with van der Waals surface area (Å²) in [6.07, 6.45) is 3.50. The number of rotatable bonds is 3. The van der Waals surface area contributed by atoms with Crippen LogP contribution < -0.4 is 10.2 Å². The molecule has 1 atom stereocenters. The Kier molecular flexibility index (Phi) is 3.93. The third-order valence-electron chi connectivity index (χ3n) is 6.15. The SMILES string of the molecule is C=CCN1C(=O)C2(CC(=O)Nc3c2cnn3-c2ccccc2C)c2cccc(C)c21. The van der Waals surface area contributed by atoms with Gasteiger partial charge in [-0.15, -0.1) is 6.58 Å². The first-order valence-corrected chi connectivity index (χ1v) is 9.96. The molecule has 1 unspecified atom stereocenters. The van der Waals surface area contributed by atoms with Gasteiger partial charge in [0.05, 0.1) is 17.6 Å². The summed E-state index contributed by atoms with van der Waals surface area (Å²) in [7, 11) is 0. The molecule has 2 amide bonds.